The van der Waals surface area contributed by atoms with Crippen LogP contribution >= 0.6 is 11.8 Å². The number of thioether (sulfide) groups is 1. The van der Waals surface area contributed by atoms with Crippen LogP contribution in [0.4, 0.5) is 5.82 Å². The zero-order chi connectivity index (χ0) is 13.0. The van der Waals surface area contributed by atoms with Crippen LogP contribution < -0.4 is 5.32 Å². The number of aromatic nitrogens is 1. The third kappa shape index (κ3) is 2.97. The van der Waals surface area contributed by atoms with Crippen molar-refractivity contribution >= 4 is 17.6 Å². The maximum absolute atomic E-state index is 9.12. The lowest BCUT2D eigenvalue weighted by Crippen LogP contribution is -2.27. The number of rotatable bonds is 4. The minimum Gasteiger partial charge on any atom is -0.365 e. The summed E-state index contributed by atoms with van der Waals surface area (Å²) in [5.41, 5.74) is 1.60. The fourth-order valence-electron chi connectivity index (χ4n) is 2.44. The molecule has 2 atom stereocenters. The van der Waals surface area contributed by atoms with Crippen molar-refractivity contribution in [3.63, 3.8) is 0 Å². The molecule has 0 bridgehead atoms. The number of hydrogen-bond acceptors (Lipinski definition) is 4. The van der Waals surface area contributed by atoms with Crippen LogP contribution in [0.15, 0.2) is 12.1 Å². The van der Waals surface area contributed by atoms with E-state index in [1.807, 2.05) is 30.8 Å². The minimum atomic E-state index is 0.455. The molecule has 1 heterocycles. The Morgan fingerprint density at radius 2 is 2.33 bits per heavy atom. The lowest BCUT2D eigenvalue weighted by atomic mass is 10.2. The Morgan fingerprint density at radius 3 is 3.06 bits per heavy atom. The molecule has 0 saturated heterocycles. The summed E-state index contributed by atoms with van der Waals surface area (Å²) in [5, 5.41) is 13.3. The standard InChI is InChI=1S/C14H19N3S/c1-3-18-13-6-4-5-12(13)17-14-11(9-15)8-7-10(2)16-14/h7-8,12-13H,3-6H2,1-2H3,(H,16,17). The van der Waals surface area contributed by atoms with Crippen molar-refractivity contribution in [2.45, 2.75) is 44.4 Å². The molecule has 1 saturated carbocycles. The van der Waals surface area contributed by atoms with Gasteiger partial charge in [-0.3, -0.25) is 0 Å². The van der Waals surface area contributed by atoms with Gasteiger partial charge < -0.3 is 5.32 Å². The number of hydrogen-bond donors (Lipinski definition) is 1. The lowest BCUT2D eigenvalue weighted by Gasteiger charge is -2.21. The van der Waals surface area contributed by atoms with Crippen molar-refractivity contribution in [1.29, 1.82) is 5.26 Å². The van der Waals surface area contributed by atoms with Gasteiger partial charge in [-0.2, -0.15) is 17.0 Å². The minimum absolute atomic E-state index is 0.455. The molecule has 3 nitrogen and oxygen atoms in total. The highest BCUT2D eigenvalue weighted by atomic mass is 32.2. The maximum Gasteiger partial charge on any atom is 0.144 e. The zero-order valence-corrected chi connectivity index (χ0v) is 11.8. The Bertz CT molecular complexity index is 453. The lowest BCUT2D eigenvalue weighted by molar-refractivity contribution is 0.761. The highest BCUT2D eigenvalue weighted by molar-refractivity contribution is 7.99. The van der Waals surface area contributed by atoms with Crippen LogP contribution in [0, 0.1) is 18.3 Å². The normalized spacial score (nSPS) is 22.7. The summed E-state index contributed by atoms with van der Waals surface area (Å²) < 4.78 is 0. The summed E-state index contributed by atoms with van der Waals surface area (Å²) in [5.74, 6) is 1.90. The van der Waals surface area contributed by atoms with Gasteiger partial charge in [0, 0.05) is 17.0 Å². The summed E-state index contributed by atoms with van der Waals surface area (Å²) in [6, 6.07) is 6.40. The van der Waals surface area contributed by atoms with Gasteiger partial charge >= 0.3 is 0 Å². The second kappa shape index (κ2) is 6.10. The quantitative estimate of drug-likeness (QED) is 0.903. The number of nitrogens with zero attached hydrogens (tertiary/aromatic N) is 2. The van der Waals surface area contributed by atoms with Crippen molar-refractivity contribution in [2.75, 3.05) is 11.1 Å². The van der Waals surface area contributed by atoms with Gasteiger partial charge in [0.25, 0.3) is 0 Å². The molecule has 0 amide bonds. The van der Waals surface area contributed by atoms with Gasteiger partial charge in [-0.05, 0) is 37.7 Å². The van der Waals surface area contributed by atoms with E-state index in [0.29, 0.717) is 16.9 Å². The van der Waals surface area contributed by atoms with Crippen molar-refractivity contribution in [1.82, 2.24) is 4.98 Å². The average molecular weight is 261 g/mol. The largest absolute Gasteiger partial charge is 0.365 e. The van der Waals surface area contributed by atoms with Crippen LogP contribution in [0.1, 0.15) is 37.4 Å². The van der Waals surface area contributed by atoms with Gasteiger partial charge in [0.05, 0.1) is 5.56 Å². The zero-order valence-electron chi connectivity index (χ0n) is 10.9. The third-order valence-corrected chi connectivity index (χ3v) is 4.64. The molecule has 1 aliphatic rings. The highest BCUT2D eigenvalue weighted by Gasteiger charge is 2.27. The number of aryl methyl sites for hydroxylation is 1. The maximum atomic E-state index is 9.12. The molecule has 0 radical (unpaired) electrons. The summed E-state index contributed by atoms with van der Waals surface area (Å²) in [7, 11) is 0. The molecule has 2 rings (SSSR count). The van der Waals surface area contributed by atoms with E-state index in [2.05, 4.69) is 23.3 Å². The summed E-state index contributed by atoms with van der Waals surface area (Å²) in [6.45, 7) is 4.16. The predicted molar refractivity (Wildman–Crippen MR) is 76.9 cm³/mol. The van der Waals surface area contributed by atoms with E-state index in [9.17, 15) is 0 Å². The molecule has 1 aliphatic carbocycles. The Balaban J connectivity index is 2.13. The molecule has 1 N–H and O–H groups in total. The molecule has 18 heavy (non-hydrogen) atoms. The number of anilines is 1. The Kier molecular flexibility index (Phi) is 4.48. The van der Waals surface area contributed by atoms with Crippen LogP contribution in [-0.2, 0) is 0 Å². The van der Waals surface area contributed by atoms with E-state index in [0.717, 1.165) is 17.3 Å². The van der Waals surface area contributed by atoms with Crippen molar-refractivity contribution in [2.24, 2.45) is 0 Å². The Morgan fingerprint density at radius 1 is 1.50 bits per heavy atom. The summed E-state index contributed by atoms with van der Waals surface area (Å²) in [6.07, 6.45) is 3.71. The molecular formula is C14H19N3S. The second-order valence-electron chi connectivity index (χ2n) is 4.64. The fourth-order valence-corrected chi connectivity index (χ4v) is 3.64. The number of nitriles is 1. The molecule has 1 aromatic rings. The second-order valence-corrected chi connectivity index (χ2v) is 6.15. The van der Waals surface area contributed by atoms with E-state index >= 15 is 0 Å². The van der Waals surface area contributed by atoms with E-state index < -0.39 is 0 Å². The smallest absolute Gasteiger partial charge is 0.144 e. The van der Waals surface area contributed by atoms with E-state index in [1.54, 1.807) is 0 Å². The van der Waals surface area contributed by atoms with Crippen LogP contribution in [0.3, 0.4) is 0 Å². The summed E-state index contributed by atoms with van der Waals surface area (Å²) >= 11 is 2.01. The van der Waals surface area contributed by atoms with Crippen LogP contribution in [0.25, 0.3) is 0 Å². The molecule has 2 unspecified atom stereocenters. The van der Waals surface area contributed by atoms with Crippen molar-refractivity contribution < 1.29 is 0 Å². The first-order valence-electron chi connectivity index (χ1n) is 6.50. The first kappa shape index (κ1) is 13.2. The fraction of sp³-hybridized carbons (Fsp3) is 0.571. The van der Waals surface area contributed by atoms with Gasteiger partial charge in [0.2, 0.25) is 0 Å². The molecule has 1 fully saturated rings. The van der Waals surface area contributed by atoms with E-state index in [4.69, 9.17) is 5.26 Å². The van der Waals surface area contributed by atoms with Crippen LogP contribution in [0.5, 0.6) is 0 Å². The van der Waals surface area contributed by atoms with E-state index in [1.165, 1.54) is 19.3 Å². The molecule has 1 aromatic heterocycles. The van der Waals surface area contributed by atoms with Crippen molar-refractivity contribution in [3.05, 3.63) is 23.4 Å². The Labute approximate surface area is 113 Å². The van der Waals surface area contributed by atoms with Gasteiger partial charge in [-0.1, -0.05) is 13.3 Å². The van der Waals surface area contributed by atoms with Gasteiger partial charge in [0.15, 0.2) is 0 Å². The average Bonchev–Trinajstić information content (AvgIpc) is 2.78. The van der Waals surface area contributed by atoms with Gasteiger partial charge in [0.1, 0.15) is 11.9 Å². The molecule has 0 aromatic carbocycles. The molecule has 4 heteroatoms. The summed E-state index contributed by atoms with van der Waals surface area (Å²) in [4.78, 5) is 4.46. The Hall–Kier alpha value is -1.21. The molecule has 0 aliphatic heterocycles. The van der Waals surface area contributed by atoms with Crippen molar-refractivity contribution in [3.8, 4) is 6.07 Å². The number of pyridine rings is 1. The topological polar surface area (TPSA) is 48.7 Å². The third-order valence-electron chi connectivity index (χ3n) is 3.31. The first-order valence-corrected chi connectivity index (χ1v) is 7.55. The molecule has 96 valence electrons. The molecular weight excluding hydrogens is 242 g/mol. The van der Waals surface area contributed by atoms with Crippen LogP contribution in [0.2, 0.25) is 0 Å². The molecule has 0 spiro atoms. The number of nitrogens with one attached hydrogen (secondary N) is 1. The van der Waals surface area contributed by atoms with Gasteiger partial charge in [-0.15, -0.1) is 0 Å². The van der Waals surface area contributed by atoms with Crippen LogP contribution in [-0.4, -0.2) is 22.0 Å². The first-order chi connectivity index (χ1) is 8.74. The van der Waals surface area contributed by atoms with Gasteiger partial charge in [-0.25, -0.2) is 4.98 Å². The monoisotopic (exact) mass is 261 g/mol. The predicted octanol–water partition coefficient (Wildman–Crippen LogP) is 3.35. The highest BCUT2D eigenvalue weighted by Crippen LogP contribution is 2.32. The SMILES string of the molecule is CCSC1CCCC1Nc1nc(C)ccc1C#N. The van der Waals surface area contributed by atoms with E-state index in [-0.39, 0.29) is 0 Å².